The SMILES string of the molecule is CCCC(C)(CO)NCc1ccc(OC(F)F)cc1. The Labute approximate surface area is 112 Å². The lowest BCUT2D eigenvalue weighted by Crippen LogP contribution is -2.45. The minimum Gasteiger partial charge on any atom is -0.435 e. The highest BCUT2D eigenvalue weighted by molar-refractivity contribution is 5.27. The second-order valence-electron chi connectivity index (χ2n) is 4.84. The normalized spacial score (nSPS) is 14.4. The summed E-state index contributed by atoms with van der Waals surface area (Å²) in [6.07, 6.45) is 1.85. The Morgan fingerprint density at radius 3 is 2.42 bits per heavy atom. The van der Waals surface area contributed by atoms with E-state index in [1.54, 1.807) is 12.1 Å². The van der Waals surface area contributed by atoms with Crippen molar-refractivity contribution in [3.63, 3.8) is 0 Å². The maximum Gasteiger partial charge on any atom is 0.387 e. The van der Waals surface area contributed by atoms with Crippen LogP contribution in [0.15, 0.2) is 24.3 Å². The zero-order valence-corrected chi connectivity index (χ0v) is 11.3. The second-order valence-corrected chi connectivity index (χ2v) is 4.84. The fourth-order valence-corrected chi connectivity index (χ4v) is 1.88. The molecular weight excluding hydrogens is 252 g/mol. The maximum atomic E-state index is 12.0. The molecule has 1 aromatic carbocycles. The molecule has 2 N–H and O–H groups in total. The van der Waals surface area contributed by atoms with Gasteiger partial charge in [-0.1, -0.05) is 25.5 Å². The van der Waals surface area contributed by atoms with Crippen molar-refractivity contribution in [1.82, 2.24) is 5.32 Å². The molecule has 0 bridgehead atoms. The van der Waals surface area contributed by atoms with Crippen LogP contribution in [-0.2, 0) is 6.54 Å². The van der Waals surface area contributed by atoms with Crippen LogP contribution >= 0.6 is 0 Å². The van der Waals surface area contributed by atoms with Crippen molar-refractivity contribution in [1.29, 1.82) is 0 Å². The molecule has 0 aliphatic heterocycles. The fraction of sp³-hybridized carbons (Fsp3) is 0.571. The first-order valence-electron chi connectivity index (χ1n) is 6.39. The average Bonchev–Trinajstić information content (AvgIpc) is 2.38. The molecule has 1 atom stereocenters. The number of alkyl halides is 2. The molecule has 0 aromatic heterocycles. The molecule has 5 heteroatoms. The summed E-state index contributed by atoms with van der Waals surface area (Å²) in [6, 6.07) is 6.49. The molecule has 0 radical (unpaired) electrons. The standard InChI is InChI=1S/C14H21F2NO2/c1-3-8-14(2,10-18)17-9-11-4-6-12(7-5-11)19-13(15)16/h4-7,13,17-18H,3,8-10H2,1-2H3. The zero-order valence-electron chi connectivity index (χ0n) is 11.3. The van der Waals surface area contributed by atoms with Crippen LogP contribution in [-0.4, -0.2) is 23.9 Å². The van der Waals surface area contributed by atoms with E-state index in [1.807, 2.05) is 6.92 Å². The fourth-order valence-electron chi connectivity index (χ4n) is 1.88. The second kappa shape index (κ2) is 7.40. The molecule has 1 aromatic rings. The molecule has 108 valence electrons. The van der Waals surface area contributed by atoms with Gasteiger partial charge in [0.2, 0.25) is 0 Å². The van der Waals surface area contributed by atoms with Gasteiger partial charge in [-0.25, -0.2) is 0 Å². The topological polar surface area (TPSA) is 41.5 Å². The molecule has 1 rings (SSSR count). The van der Waals surface area contributed by atoms with Crippen LogP contribution < -0.4 is 10.1 Å². The molecule has 1 unspecified atom stereocenters. The Morgan fingerprint density at radius 1 is 1.32 bits per heavy atom. The van der Waals surface area contributed by atoms with Crippen LogP contribution in [0.2, 0.25) is 0 Å². The van der Waals surface area contributed by atoms with E-state index in [1.165, 1.54) is 12.1 Å². The van der Waals surface area contributed by atoms with Crippen LogP contribution in [0.4, 0.5) is 8.78 Å². The Hall–Kier alpha value is -1.20. The number of ether oxygens (including phenoxy) is 1. The van der Waals surface area contributed by atoms with Gasteiger partial charge in [-0.3, -0.25) is 0 Å². The third-order valence-electron chi connectivity index (χ3n) is 3.02. The van der Waals surface area contributed by atoms with Crippen molar-refractivity contribution in [3.8, 4) is 5.75 Å². The molecule has 0 heterocycles. The van der Waals surface area contributed by atoms with E-state index in [9.17, 15) is 13.9 Å². The minimum atomic E-state index is -2.80. The third-order valence-corrected chi connectivity index (χ3v) is 3.02. The molecule has 0 spiro atoms. The molecular formula is C14H21F2NO2. The van der Waals surface area contributed by atoms with Gasteiger partial charge in [0.15, 0.2) is 0 Å². The van der Waals surface area contributed by atoms with E-state index >= 15 is 0 Å². The number of aliphatic hydroxyl groups excluding tert-OH is 1. The van der Waals surface area contributed by atoms with Gasteiger partial charge < -0.3 is 15.2 Å². The van der Waals surface area contributed by atoms with Crippen molar-refractivity contribution >= 4 is 0 Å². The zero-order chi connectivity index (χ0) is 14.3. The van der Waals surface area contributed by atoms with Crippen molar-refractivity contribution in [2.24, 2.45) is 0 Å². The minimum absolute atomic E-state index is 0.0629. The lowest BCUT2D eigenvalue weighted by atomic mass is 9.97. The number of benzene rings is 1. The van der Waals surface area contributed by atoms with Crippen LogP contribution in [0.25, 0.3) is 0 Å². The van der Waals surface area contributed by atoms with Gasteiger partial charge in [-0.15, -0.1) is 0 Å². The van der Waals surface area contributed by atoms with Crippen LogP contribution in [0.5, 0.6) is 5.75 Å². The Balaban J connectivity index is 2.53. The molecule has 0 amide bonds. The first kappa shape index (κ1) is 15.9. The highest BCUT2D eigenvalue weighted by Crippen LogP contribution is 2.16. The van der Waals surface area contributed by atoms with Crippen LogP contribution in [0, 0.1) is 0 Å². The van der Waals surface area contributed by atoms with Crippen molar-refractivity contribution in [2.45, 2.75) is 45.4 Å². The molecule has 0 saturated heterocycles. The molecule has 0 aliphatic carbocycles. The summed E-state index contributed by atoms with van der Waals surface area (Å²) < 4.78 is 28.3. The lowest BCUT2D eigenvalue weighted by Gasteiger charge is -2.28. The molecule has 0 saturated carbocycles. The average molecular weight is 273 g/mol. The predicted octanol–water partition coefficient (Wildman–Crippen LogP) is 2.93. The molecule has 3 nitrogen and oxygen atoms in total. The smallest absolute Gasteiger partial charge is 0.387 e. The van der Waals surface area contributed by atoms with Crippen LogP contribution in [0.1, 0.15) is 32.3 Å². The first-order chi connectivity index (χ1) is 8.99. The Morgan fingerprint density at radius 2 is 1.95 bits per heavy atom. The number of rotatable bonds is 8. The van der Waals surface area contributed by atoms with Gasteiger partial charge in [0, 0.05) is 12.1 Å². The summed E-state index contributed by atoms with van der Waals surface area (Å²) in [7, 11) is 0. The van der Waals surface area contributed by atoms with E-state index in [2.05, 4.69) is 17.0 Å². The molecule has 0 fully saturated rings. The summed E-state index contributed by atoms with van der Waals surface area (Å²) in [5.74, 6) is 0.150. The largest absolute Gasteiger partial charge is 0.435 e. The number of nitrogens with one attached hydrogen (secondary N) is 1. The molecule has 19 heavy (non-hydrogen) atoms. The van der Waals surface area contributed by atoms with Crippen molar-refractivity contribution < 1.29 is 18.6 Å². The Bertz CT molecular complexity index is 370. The van der Waals surface area contributed by atoms with E-state index in [0.717, 1.165) is 18.4 Å². The summed E-state index contributed by atoms with van der Waals surface area (Å²) in [5, 5.41) is 12.7. The maximum absolute atomic E-state index is 12.0. The number of hydrogen-bond acceptors (Lipinski definition) is 3. The van der Waals surface area contributed by atoms with Gasteiger partial charge in [0.05, 0.1) is 6.61 Å². The van der Waals surface area contributed by atoms with E-state index in [4.69, 9.17) is 0 Å². The van der Waals surface area contributed by atoms with E-state index < -0.39 is 6.61 Å². The number of halogens is 2. The lowest BCUT2D eigenvalue weighted by molar-refractivity contribution is -0.0498. The van der Waals surface area contributed by atoms with Gasteiger partial charge >= 0.3 is 6.61 Å². The number of hydrogen-bond donors (Lipinski definition) is 2. The monoisotopic (exact) mass is 273 g/mol. The van der Waals surface area contributed by atoms with Crippen LogP contribution in [0.3, 0.4) is 0 Å². The Kier molecular flexibility index (Phi) is 6.18. The van der Waals surface area contributed by atoms with Crippen molar-refractivity contribution in [3.05, 3.63) is 29.8 Å². The number of aliphatic hydroxyl groups is 1. The summed E-state index contributed by atoms with van der Waals surface area (Å²) >= 11 is 0. The van der Waals surface area contributed by atoms with Crippen molar-refractivity contribution in [2.75, 3.05) is 6.61 Å². The highest BCUT2D eigenvalue weighted by atomic mass is 19.3. The third kappa shape index (κ3) is 5.53. The first-order valence-corrected chi connectivity index (χ1v) is 6.39. The summed E-state index contributed by atoms with van der Waals surface area (Å²) in [6.45, 7) is 1.86. The highest BCUT2D eigenvalue weighted by Gasteiger charge is 2.20. The predicted molar refractivity (Wildman–Crippen MR) is 70.3 cm³/mol. The summed E-state index contributed by atoms with van der Waals surface area (Å²) in [4.78, 5) is 0. The van der Waals surface area contributed by atoms with Gasteiger partial charge in [-0.05, 0) is 31.0 Å². The summed E-state index contributed by atoms with van der Waals surface area (Å²) in [5.41, 5.74) is 0.643. The van der Waals surface area contributed by atoms with Gasteiger partial charge in [-0.2, -0.15) is 8.78 Å². The van der Waals surface area contributed by atoms with E-state index in [0.29, 0.717) is 6.54 Å². The van der Waals surface area contributed by atoms with Gasteiger partial charge in [0.1, 0.15) is 5.75 Å². The molecule has 0 aliphatic rings. The van der Waals surface area contributed by atoms with Gasteiger partial charge in [0.25, 0.3) is 0 Å². The quantitative estimate of drug-likeness (QED) is 0.765. The van der Waals surface area contributed by atoms with E-state index in [-0.39, 0.29) is 17.9 Å².